The van der Waals surface area contributed by atoms with Gasteiger partial charge >= 0.3 is 11.8 Å². The van der Waals surface area contributed by atoms with Gasteiger partial charge in [-0.15, -0.1) is 0 Å². The number of amides is 2. The smallest absolute Gasteiger partial charge is 0.314 e. The molecule has 0 saturated carbocycles. The largest absolute Gasteiger partial charge is 0.493 e. The normalized spacial score (nSPS) is 13.8. The molecule has 2 amide bonds. The zero-order chi connectivity index (χ0) is 16.2. The Bertz CT molecular complexity index is 714. The average molecular weight is 317 g/mol. The molecular formula is C15H15N3O5. The Morgan fingerprint density at radius 2 is 2.17 bits per heavy atom. The third-order valence-electron chi connectivity index (χ3n) is 3.44. The number of aromatic nitrogens is 1. The molecule has 0 saturated heterocycles. The molecule has 23 heavy (non-hydrogen) atoms. The van der Waals surface area contributed by atoms with Crippen LogP contribution in [0.5, 0.6) is 5.75 Å². The van der Waals surface area contributed by atoms with Gasteiger partial charge in [0.15, 0.2) is 5.82 Å². The number of hydrogen-bond donors (Lipinski definition) is 3. The molecular weight excluding hydrogens is 302 g/mol. The van der Waals surface area contributed by atoms with E-state index in [-0.39, 0.29) is 12.4 Å². The summed E-state index contributed by atoms with van der Waals surface area (Å²) in [5.41, 5.74) is 1.68. The van der Waals surface area contributed by atoms with E-state index in [2.05, 4.69) is 20.3 Å². The summed E-state index contributed by atoms with van der Waals surface area (Å²) in [6.07, 6.45) is 1.15. The van der Waals surface area contributed by atoms with Crippen LogP contribution in [0, 0.1) is 0 Å². The molecule has 0 aliphatic carbocycles. The van der Waals surface area contributed by atoms with E-state index >= 15 is 0 Å². The topological polar surface area (TPSA) is 114 Å². The van der Waals surface area contributed by atoms with Crippen molar-refractivity contribution in [1.29, 1.82) is 0 Å². The molecule has 1 aliphatic rings. The Balaban J connectivity index is 1.53. The second kappa shape index (κ2) is 6.49. The predicted octanol–water partition coefficient (Wildman–Crippen LogP) is 0.398. The molecule has 8 nitrogen and oxygen atoms in total. The summed E-state index contributed by atoms with van der Waals surface area (Å²) in [4.78, 5) is 23.3. The highest BCUT2D eigenvalue weighted by atomic mass is 16.5. The molecule has 1 unspecified atom stereocenters. The van der Waals surface area contributed by atoms with Crippen LogP contribution in [-0.4, -0.2) is 35.2 Å². The lowest BCUT2D eigenvalue weighted by Gasteiger charge is -2.13. The van der Waals surface area contributed by atoms with E-state index in [0.717, 1.165) is 17.7 Å². The standard InChI is InChI=1S/C15H15N3O5/c19-11(9-1-2-12-10(7-9)3-5-22-12)8-16-14(20)15(21)17-13-4-6-23-18-13/h1-2,4,6-7,11,19H,3,5,8H2,(H,16,20)(H,17,18,21). The molecule has 1 aliphatic heterocycles. The van der Waals surface area contributed by atoms with Gasteiger partial charge in [0, 0.05) is 19.0 Å². The molecule has 2 heterocycles. The van der Waals surface area contributed by atoms with Crippen molar-refractivity contribution >= 4 is 17.6 Å². The quantitative estimate of drug-likeness (QED) is 0.703. The van der Waals surface area contributed by atoms with Crippen LogP contribution >= 0.6 is 0 Å². The fourth-order valence-corrected chi connectivity index (χ4v) is 2.25. The highest BCUT2D eigenvalue weighted by Crippen LogP contribution is 2.27. The van der Waals surface area contributed by atoms with Crippen LogP contribution in [-0.2, 0) is 16.0 Å². The van der Waals surface area contributed by atoms with E-state index in [1.165, 1.54) is 12.3 Å². The number of ether oxygens (including phenoxy) is 1. The molecule has 0 fully saturated rings. The van der Waals surface area contributed by atoms with Gasteiger partial charge in [-0.25, -0.2) is 0 Å². The summed E-state index contributed by atoms with van der Waals surface area (Å²) in [5, 5.41) is 18.2. The van der Waals surface area contributed by atoms with Gasteiger partial charge in [0.2, 0.25) is 0 Å². The third kappa shape index (κ3) is 3.49. The zero-order valence-corrected chi connectivity index (χ0v) is 12.1. The number of hydrogen-bond acceptors (Lipinski definition) is 6. The minimum atomic E-state index is -0.912. The van der Waals surface area contributed by atoms with Crippen LogP contribution in [0.1, 0.15) is 17.2 Å². The minimum Gasteiger partial charge on any atom is -0.493 e. The second-order valence-electron chi connectivity index (χ2n) is 5.03. The Kier molecular flexibility index (Phi) is 4.24. The first kappa shape index (κ1) is 15.0. The maximum absolute atomic E-state index is 11.7. The van der Waals surface area contributed by atoms with Crippen molar-refractivity contribution in [1.82, 2.24) is 10.5 Å². The molecule has 3 N–H and O–H groups in total. The molecule has 1 aromatic heterocycles. The zero-order valence-electron chi connectivity index (χ0n) is 12.1. The number of aliphatic hydroxyl groups is 1. The Labute approximate surface area is 131 Å². The summed E-state index contributed by atoms with van der Waals surface area (Å²) in [7, 11) is 0. The van der Waals surface area contributed by atoms with Gasteiger partial charge in [-0.2, -0.15) is 0 Å². The van der Waals surface area contributed by atoms with Gasteiger partial charge in [-0.1, -0.05) is 11.2 Å². The molecule has 3 rings (SSSR count). The second-order valence-corrected chi connectivity index (χ2v) is 5.03. The maximum Gasteiger partial charge on any atom is 0.314 e. The van der Waals surface area contributed by atoms with Crippen LogP contribution in [0.4, 0.5) is 5.82 Å². The molecule has 8 heteroatoms. The van der Waals surface area contributed by atoms with Crippen molar-refractivity contribution in [2.24, 2.45) is 0 Å². The number of carbonyl (C=O) groups is 2. The summed E-state index contributed by atoms with van der Waals surface area (Å²) >= 11 is 0. The van der Waals surface area contributed by atoms with Gasteiger partial charge in [-0.05, 0) is 23.3 Å². The highest BCUT2D eigenvalue weighted by Gasteiger charge is 2.19. The Morgan fingerprint density at radius 1 is 1.30 bits per heavy atom. The number of carbonyl (C=O) groups excluding carboxylic acids is 2. The molecule has 1 aromatic carbocycles. The van der Waals surface area contributed by atoms with E-state index in [4.69, 9.17) is 4.74 Å². The van der Waals surface area contributed by atoms with Crippen molar-refractivity contribution in [2.75, 3.05) is 18.5 Å². The Morgan fingerprint density at radius 3 is 2.96 bits per heavy atom. The van der Waals surface area contributed by atoms with Crippen LogP contribution < -0.4 is 15.4 Å². The predicted molar refractivity (Wildman–Crippen MR) is 78.7 cm³/mol. The lowest BCUT2D eigenvalue weighted by Crippen LogP contribution is -2.37. The van der Waals surface area contributed by atoms with Crippen molar-refractivity contribution in [2.45, 2.75) is 12.5 Å². The molecule has 120 valence electrons. The average Bonchev–Trinajstić information content (AvgIpc) is 3.22. The molecule has 0 bridgehead atoms. The lowest BCUT2D eigenvalue weighted by molar-refractivity contribution is -0.136. The van der Waals surface area contributed by atoms with Crippen molar-refractivity contribution in [3.63, 3.8) is 0 Å². The van der Waals surface area contributed by atoms with Gasteiger partial charge in [-0.3, -0.25) is 14.9 Å². The highest BCUT2D eigenvalue weighted by molar-refractivity contribution is 6.39. The summed E-state index contributed by atoms with van der Waals surface area (Å²) in [6.45, 7) is 0.554. The summed E-state index contributed by atoms with van der Waals surface area (Å²) in [6, 6.07) is 6.78. The van der Waals surface area contributed by atoms with Crippen LogP contribution in [0.3, 0.4) is 0 Å². The maximum atomic E-state index is 11.7. The van der Waals surface area contributed by atoms with Gasteiger partial charge in [0.1, 0.15) is 12.0 Å². The minimum absolute atomic E-state index is 0.0787. The number of aliphatic hydroxyl groups excluding tert-OH is 1. The first-order valence-corrected chi connectivity index (χ1v) is 7.07. The first-order valence-electron chi connectivity index (χ1n) is 7.07. The number of fused-ring (bicyclic) bond motifs is 1. The fraction of sp³-hybridized carbons (Fsp3) is 0.267. The number of rotatable bonds is 4. The van der Waals surface area contributed by atoms with Crippen molar-refractivity contribution in [3.8, 4) is 5.75 Å². The van der Waals surface area contributed by atoms with E-state index in [0.29, 0.717) is 12.2 Å². The van der Waals surface area contributed by atoms with E-state index in [1.54, 1.807) is 12.1 Å². The summed E-state index contributed by atoms with van der Waals surface area (Å²) < 4.78 is 9.94. The summed E-state index contributed by atoms with van der Waals surface area (Å²) in [5.74, 6) is -0.786. The first-order chi connectivity index (χ1) is 11.1. The molecule has 2 aromatic rings. The molecule has 1 atom stereocenters. The number of nitrogens with one attached hydrogen (secondary N) is 2. The van der Waals surface area contributed by atoms with Gasteiger partial charge in [0.05, 0.1) is 12.7 Å². The third-order valence-corrected chi connectivity index (χ3v) is 3.44. The van der Waals surface area contributed by atoms with E-state index < -0.39 is 17.9 Å². The number of benzene rings is 1. The van der Waals surface area contributed by atoms with E-state index in [9.17, 15) is 14.7 Å². The Hall–Kier alpha value is -2.87. The van der Waals surface area contributed by atoms with Crippen LogP contribution in [0.25, 0.3) is 0 Å². The number of nitrogens with zero attached hydrogens (tertiary/aromatic N) is 1. The van der Waals surface area contributed by atoms with Gasteiger partial charge < -0.3 is 19.7 Å². The van der Waals surface area contributed by atoms with Crippen LogP contribution in [0.15, 0.2) is 35.1 Å². The van der Waals surface area contributed by atoms with Gasteiger partial charge in [0.25, 0.3) is 0 Å². The van der Waals surface area contributed by atoms with Crippen molar-refractivity contribution in [3.05, 3.63) is 41.7 Å². The van der Waals surface area contributed by atoms with Crippen LogP contribution in [0.2, 0.25) is 0 Å². The fourth-order valence-electron chi connectivity index (χ4n) is 2.25. The number of anilines is 1. The van der Waals surface area contributed by atoms with Crippen molar-refractivity contribution < 1.29 is 24.0 Å². The van der Waals surface area contributed by atoms with E-state index in [1.807, 2.05) is 6.07 Å². The monoisotopic (exact) mass is 317 g/mol. The molecule has 0 spiro atoms. The lowest BCUT2D eigenvalue weighted by atomic mass is 10.0. The molecule has 0 radical (unpaired) electrons. The SMILES string of the molecule is O=C(NCC(O)c1ccc2c(c1)CCO2)C(=O)Nc1ccon1.